The van der Waals surface area contributed by atoms with Crippen LogP contribution in [0.5, 0.6) is 11.6 Å². The summed E-state index contributed by atoms with van der Waals surface area (Å²) < 4.78 is 19.1. The summed E-state index contributed by atoms with van der Waals surface area (Å²) in [5, 5.41) is 17.7. The van der Waals surface area contributed by atoms with E-state index in [-0.39, 0.29) is 18.2 Å². The number of hydrogen-bond acceptors (Lipinski definition) is 4. The number of rotatable bonds is 6. The minimum absolute atomic E-state index is 0.00216. The number of ether oxygens (including phenoxy) is 1. The molecule has 30 heavy (non-hydrogen) atoms. The summed E-state index contributed by atoms with van der Waals surface area (Å²) in [6, 6.07) is 21.3. The van der Waals surface area contributed by atoms with E-state index in [2.05, 4.69) is 15.2 Å². The summed E-state index contributed by atoms with van der Waals surface area (Å²) >= 11 is 0. The van der Waals surface area contributed by atoms with Crippen molar-refractivity contribution in [1.29, 1.82) is 0 Å². The topological polar surface area (TPSA) is 87.0 Å². The zero-order valence-electron chi connectivity index (χ0n) is 15.9. The number of H-pyrrole nitrogens is 1. The van der Waals surface area contributed by atoms with Crippen LogP contribution in [0, 0.1) is 5.82 Å². The van der Waals surface area contributed by atoms with Gasteiger partial charge in [-0.3, -0.25) is 4.79 Å². The number of carbonyl (C=O) groups is 1. The maximum absolute atomic E-state index is 13.5. The van der Waals surface area contributed by atoms with Crippen molar-refractivity contribution in [3.63, 3.8) is 0 Å². The van der Waals surface area contributed by atoms with Crippen LogP contribution in [0.1, 0.15) is 11.1 Å². The fourth-order valence-electron chi connectivity index (χ4n) is 3.12. The number of nitrogens with one attached hydrogen (secondary N) is 1. The standard InChI is InChI=1S/C23H18FN3O3/c24-17-10-11-19-18(13-17)22(23(29)25-19)27-26-21(28)14-30-20-9-5-4-8-16(20)12-15-6-2-1-3-7-15/h1-11,13,25,29H,12,14H2. The largest absolute Gasteiger partial charge is 0.493 e. The van der Waals surface area contributed by atoms with Crippen LogP contribution in [0.15, 0.2) is 83.0 Å². The summed E-state index contributed by atoms with van der Waals surface area (Å²) in [7, 11) is 0. The normalized spacial score (nSPS) is 11.2. The summed E-state index contributed by atoms with van der Waals surface area (Å²) in [4.78, 5) is 14.8. The molecule has 0 bridgehead atoms. The molecule has 0 aliphatic carbocycles. The number of amides is 1. The Bertz CT molecular complexity index is 1220. The molecule has 0 radical (unpaired) electrons. The molecule has 150 valence electrons. The van der Waals surface area contributed by atoms with Gasteiger partial charge in [0.1, 0.15) is 11.6 Å². The molecular weight excluding hydrogens is 385 g/mol. The summed E-state index contributed by atoms with van der Waals surface area (Å²) in [6.07, 6.45) is 0.668. The van der Waals surface area contributed by atoms with E-state index in [1.807, 2.05) is 48.5 Å². The highest BCUT2D eigenvalue weighted by Crippen LogP contribution is 2.35. The average molecular weight is 403 g/mol. The van der Waals surface area contributed by atoms with Gasteiger partial charge in [0, 0.05) is 11.8 Å². The minimum Gasteiger partial charge on any atom is -0.493 e. The molecule has 4 rings (SSSR count). The number of benzene rings is 3. The quantitative estimate of drug-likeness (QED) is 0.429. The van der Waals surface area contributed by atoms with E-state index < -0.39 is 11.7 Å². The Morgan fingerprint density at radius 2 is 1.80 bits per heavy atom. The highest BCUT2D eigenvalue weighted by Gasteiger charge is 2.12. The average Bonchev–Trinajstić information content (AvgIpc) is 3.06. The molecule has 1 heterocycles. The fourth-order valence-corrected chi connectivity index (χ4v) is 3.12. The highest BCUT2D eigenvalue weighted by molar-refractivity contribution is 5.94. The molecule has 1 amide bonds. The van der Waals surface area contributed by atoms with E-state index in [4.69, 9.17) is 4.74 Å². The Labute approximate surface area is 171 Å². The van der Waals surface area contributed by atoms with Gasteiger partial charge in [0.05, 0.1) is 5.52 Å². The molecule has 0 saturated carbocycles. The van der Waals surface area contributed by atoms with Crippen LogP contribution < -0.4 is 4.74 Å². The third-order valence-corrected chi connectivity index (χ3v) is 4.54. The van der Waals surface area contributed by atoms with Crippen LogP contribution >= 0.6 is 0 Å². The number of aromatic hydroxyl groups is 1. The molecule has 0 spiro atoms. The van der Waals surface area contributed by atoms with Gasteiger partial charge in [-0.1, -0.05) is 48.5 Å². The molecule has 7 heteroatoms. The lowest BCUT2D eigenvalue weighted by Crippen LogP contribution is -2.09. The highest BCUT2D eigenvalue weighted by atomic mass is 19.1. The third kappa shape index (κ3) is 4.35. The number of hydrogen-bond donors (Lipinski definition) is 2. The number of carbonyl (C=O) groups excluding carboxylic acids is 1. The summed E-state index contributed by atoms with van der Waals surface area (Å²) in [5.74, 6) is -0.819. The summed E-state index contributed by atoms with van der Waals surface area (Å²) in [6.45, 7) is -0.313. The van der Waals surface area contributed by atoms with Crippen LogP contribution in [0.25, 0.3) is 10.9 Å². The number of aromatic nitrogens is 1. The van der Waals surface area contributed by atoms with E-state index in [9.17, 15) is 14.3 Å². The van der Waals surface area contributed by atoms with Crippen molar-refractivity contribution in [3.05, 3.63) is 89.7 Å². The molecule has 1 aromatic heterocycles. The Balaban J connectivity index is 1.45. The molecule has 0 saturated heterocycles. The van der Waals surface area contributed by atoms with Crippen molar-refractivity contribution in [1.82, 2.24) is 4.98 Å². The van der Waals surface area contributed by atoms with Crippen molar-refractivity contribution >= 4 is 22.5 Å². The predicted octanol–water partition coefficient (Wildman–Crippen LogP) is 5.29. The molecule has 0 fully saturated rings. The van der Waals surface area contributed by atoms with Crippen LogP contribution in [0.3, 0.4) is 0 Å². The molecule has 0 aliphatic rings. The first-order valence-electron chi connectivity index (χ1n) is 9.29. The SMILES string of the molecule is O=C(COc1ccccc1Cc1ccccc1)N=Nc1c(O)[nH]c2ccc(F)cc12. The molecule has 4 aromatic rings. The van der Waals surface area contributed by atoms with Gasteiger partial charge in [-0.15, -0.1) is 10.2 Å². The van der Waals surface area contributed by atoms with Crippen LogP contribution in [-0.4, -0.2) is 22.6 Å². The van der Waals surface area contributed by atoms with Gasteiger partial charge < -0.3 is 14.8 Å². The van der Waals surface area contributed by atoms with Gasteiger partial charge in [0.25, 0.3) is 0 Å². The van der Waals surface area contributed by atoms with E-state index in [1.54, 1.807) is 6.07 Å². The fraction of sp³-hybridized carbons (Fsp3) is 0.0870. The van der Waals surface area contributed by atoms with Gasteiger partial charge in [0.15, 0.2) is 12.3 Å². The van der Waals surface area contributed by atoms with Crippen molar-refractivity contribution in [2.75, 3.05) is 6.61 Å². The minimum atomic E-state index is -0.630. The summed E-state index contributed by atoms with van der Waals surface area (Å²) in [5.41, 5.74) is 2.56. The Kier molecular flexibility index (Phi) is 5.52. The lowest BCUT2D eigenvalue weighted by molar-refractivity contribution is -0.120. The zero-order valence-corrected chi connectivity index (χ0v) is 15.9. The lowest BCUT2D eigenvalue weighted by Gasteiger charge is -2.10. The first-order valence-corrected chi connectivity index (χ1v) is 9.29. The van der Waals surface area contributed by atoms with Crippen LogP contribution in [-0.2, 0) is 11.2 Å². The molecule has 0 atom stereocenters. The number of para-hydroxylation sites is 1. The van der Waals surface area contributed by atoms with E-state index in [0.717, 1.165) is 11.1 Å². The maximum atomic E-state index is 13.5. The second kappa shape index (κ2) is 8.57. The number of aromatic amines is 1. The van der Waals surface area contributed by atoms with Crippen molar-refractivity contribution in [3.8, 4) is 11.6 Å². The van der Waals surface area contributed by atoms with Crippen molar-refractivity contribution in [2.24, 2.45) is 10.2 Å². The monoisotopic (exact) mass is 403 g/mol. The predicted molar refractivity (Wildman–Crippen MR) is 111 cm³/mol. The van der Waals surface area contributed by atoms with Crippen LogP contribution in [0.4, 0.5) is 10.1 Å². The van der Waals surface area contributed by atoms with E-state index in [1.165, 1.54) is 18.2 Å². The Morgan fingerprint density at radius 3 is 2.63 bits per heavy atom. The second-order valence-electron chi connectivity index (χ2n) is 6.66. The smallest absolute Gasteiger partial charge is 0.302 e. The zero-order chi connectivity index (χ0) is 20.9. The molecule has 0 aliphatic heterocycles. The van der Waals surface area contributed by atoms with Gasteiger partial charge in [-0.2, -0.15) is 0 Å². The number of fused-ring (bicyclic) bond motifs is 1. The Hall–Kier alpha value is -4.00. The third-order valence-electron chi connectivity index (χ3n) is 4.54. The van der Waals surface area contributed by atoms with E-state index >= 15 is 0 Å². The molecular formula is C23H18FN3O3. The van der Waals surface area contributed by atoms with Gasteiger partial charge in [-0.05, 0) is 35.4 Å². The second-order valence-corrected chi connectivity index (χ2v) is 6.66. The molecule has 6 nitrogen and oxygen atoms in total. The number of halogens is 1. The van der Waals surface area contributed by atoms with Crippen molar-refractivity contribution in [2.45, 2.75) is 6.42 Å². The lowest BCUT2D eigenvalue weighted by atomic mass is 10.0. The van der Waals surface area contributed by atoms with Crippen molar-refractivity contribution < 1.29 is 19.0 Å². The Morgan fingerprint density at radius 1 is 1.03 bits per heavy atom. The van der Waals surface area contributed by atoms with Gasteiger partial charge in [0.2, 0.25) is 5.88 Å². The van der Waals surface area contributed by atoms with Gasteiger partial charge >= 0.3 is 5.91 Å². The maximum Gasteiger partial charge on any atom is 0.302 e. The number of azo groups is 1. The van der Waals surface area contributed by atoms with Gasteiger partial charge in [-0.25, -0.2) is 4.39 Å². The van der Waals surface area contributed by atoms with Crippen LogP contribution in [0.2, 0.25) is 0 Å². The first kappa shape index (κ1) is 19.3. The first-order chi connectivity index (χ1) is 14.6. The molecule has 2 N–H and O–H groups in total. The molecule has 3 aromatic carbocycles. The number of nitrogens with zero attached hydrogens (tertiary/aromatic N) is 2. The van der Waals surface area contributed by atoms with E-state index in [0.29, 0.717) is 23.1 Å². The molecule has 0 unspecified atom stereocenters.